The minimum atomic E-state index is -4.95. The number of rotatable bonds is 72. The van der Waals surface area contributed by atoms with E-state index in [1.807, 2.05) is 0 Å². The Labute approximate surface area is 612 Å². The van der Waals surface area contributed by atoms with Gasteiger partial charge in [-0.25, -0.2) is 9.13 Å². The van der Waals surface area contributed by atoms with Crippen LogP contribution in [0, 0.1) is 0 Å². The van der Waals surface area contributed by atoms with E-state index in [1.54, 1.807) is 0 Å². The zero-order chi connectivity index (χ0) is 73.7. The van der Waals surface area contributed by atoms with E-state index in [-0.39, 0.29) is 19.3 Å². The molecular weight excluding hydrogens is 1310 g/mol. The lowest BCUT2D eigenvalue weighted by atomic mass is 10.1. The number of phosphoric ester groups is 2. The largest absolute Gasteiger partial charge is 0.472 e. The van der Waals surface area contributed by atoms with Gasteiger partial charge < -0.3 is 34.2 Å². The molecule has 0 bridgehead atoms. The van der Waals surface area contributed by atoms with Crippen LogP contribution in [-0.4, -0.2) is 95.9 Å². The van der Waals surface area contributed by atoms with E-state index in [0.29, 0.717) is 19.3 Å². The van der Waals surface area contributed by atoms with Crippen molar-refractivity contribution in [2.45, 2.75) is 309 Å². The van der Waals surface area contributed by atoms with Crippen molar-refractivity contribution in [3.05, 3.63) is 158 Å². The van der Waals surface area contributed by atoms with Crippen LogP contribution >= 0.6 is 15.6 Å². The molecule has 0 aliphatic heterocycles. The number of aliphatic hydroxyl groups is 2. The van der Waals surface area contributed by atoms with Gasteiger partial charge in [0.05, 0.1) is 26.4 Å². The van der Waals surface area contributed by atoms with Crippen molar-refractivity contribution in [3.8, 4) is 0 Å². The van der Waals surface area contributed by atoms with Gasteiger partial charge in [-0.3, -0.25) is 32.5 Å². The van der Waals surface area contributed by atoms with Crippen LogP contribution in [0.4, 0.5) is 0 Å². The second-order valence-electron chi connectivity index (χ2n) is 25.4. The Hall–Kier alpha value is -4.83. The lowest BCUT2D eigenvalue weighted by Crippen LogP contribution is -2.30. The van der Waals surface area contributed by atoms with Crippen LogP contribution in [0.1, 0.15) is 290 Å². The van der Waals surface area contributed by atoms with Crippen molar-refractivity contribution in [1.82, 2.24) is 0 Å². The normalized spacial score (nSPS) is 14.9. The van der Waals surface area contributed by atoms with Crippen molar-refractivity contribution in [1.29, 1.82) is 0 Å². The molecule has 0 saturated heterocycles. The highest BCUT2D eigenvalue weighted by Gasteiger charge is 2.29. The summed E-state index contributed by atoms with van der Waals surface area (Å²) in [6.45, 7) is 2.45. The quantitative estimate of drug-likeness (QED) is 0.0146. The van der Waals surface area contributed by atoms with Gasteiger partial charge in [0, 0.05) is 19.3 Å². The van der Waals surface area contributed by atoms with Crippen molar-refractivity contribution >= 4 is 33.6 Å². The van der Waals surface area contributed by atoms with E-state index < -0.39 is 91.5 Å². The Morgan fingerprint density at radius 1 is 0.287 bits per heavy atom. The summed E-state index contributed by atoms with van der Waals surface area (Å²) in [6.07, 6.45) is 92.7. The first-order chi connectivity index (χ1) is 49.2. The Kier molecular flexibility index (Phi) is 71.3. The zero-order valence-corrected chi connectivity index (χ0v) is 64.6. The Morgan fingerprint density at radius 3 is 0.832 bits per heavy atom. The summed E-state index contributed by atoms with van der Waals surface area (Å²) in [4.78, 5) is 58.7. The molecule has 101 heavy (non-hydrogen) atoms. The van der Waals surface area contributed by atoms with Gasteiger partial charge in [0.2, 0.25) is 0 Å². The number of hydrogen-bond donors (Lipinski definition) is 4. The summed E-state index contributed by atoms with van der Waals surface area (Å²) in [5.74, 6) is -1.63. The van der Waals surface area contributed by atoms with Crippen LogP contribution < -0.4 is 0 Å². The average Bonchev–Trinajstić information content (AvgIpc) is 0.990. The van der Waals surface area contributed by atoms with Crippen molar-refractivity contribution < 1.29 is 75.8 Å². The third-order valence-corrected chi connectivity index (χ3v) is 17.6. The standard InChI is InChI=1S/C83H138O16P2/c1-4-7-10-13-16-19-22-25-28-31-34-36-37-38-39-41-44-45-48-51-54-57-60-63-66-69-81(86)93-72-78(84)73-95-100(89,90)96-74-79(85)75-97-101(91,92)98-77-80(99-83(88)71-68-65-62-59-56-53-50-47-42-33-30-27-24-21-18-15-12-9-6-3)76-94-82(87)70-67-64-61-58-55-52-49-46-43-40-35-32-29-26-23-20-17-14-11-8-5-2/h7,10,16-21,25-30,34-36,38-40,42,44-47,49,78-80,84-85H,4-6,8-9,11-15,22-24,31-33,37,41,43,48,50-77H2,1-3H3,(H,89,90)(H,91,92)/b10-7-,19-16-,20-17-,21-18-,28-25-,29-26-,30-27-,36-34-,39-38-,40-35-,45-44-,47-42-,49-46-. The first-order valence-electron chi connectivity index (χ1n) is 38.8. The lowest BCUT2D eigenvalue weighted by molar-refractivity contribution is -0.161. The monoisotopic (exact) mass is 1450 g/mol. The second kappa shape index (κ2) is 74.9. The molecule has 16 nitrogen and oxygen atoms in total. The van der Waals surface area contributed by atoms with E-state index in [4.69, 9.17) is 32.3 Å². The van der Waals surface area contributed by atoms with Crippen molar-refractivity contribution in [2.24, 2.45) is 0 Å². The summed E-state index contributed by atoms with van der Waals surface area (Å²) >= 11 is 0. The molecule has 0 aromatic carbocycles. The van der Waals surface area contributed by atoms with E-state index in [0.717, 1.165) is 186 Å². The molecule has 5 unspecified atom stereocenters. The SMILES string of the molecule is CC/C=C\C/C=C\C/C=C\C/C=C\C/C=C\C/C=C\CCCCCCCCC(=O)OCC(O)COP(=O)(O)OCC(O)COP(=O)(O)OCC(COC(=O)CCCCCCC/C=C\C/C=C\C/C=C\C/C=C\CCCCC)OC(=O)CCCCCCCC/C=C\C/C=C\C/C=C\CCCCC. The highest BCUT2D eigenvalue weighted by atomic mass is 31.2. The number of ether oxygens (including phenoxy) is 3. The minimum absolute atomic E-state index is 0.0802. The molecule has 0 radical (unpaired) electrons. The van der Waals surface area contributed by atoms with Gasteiger partial charge in [-0.15, -0.1) is 0 Å². The van der Waals surface area contributed by atoms with Crippen molar-refractivity contribution in [2.75, 3.05) is 39.6 Å². The number of phosphoric acid groups is 2. The molecular formula is C83H138O16P2. The molecule has 0 fully saturated rings. The fraction of sp³-hybridized carbons (Fsp3) is 0.651. The molecule has 5 atom stereocenters. The molecule has 4 N–H and O–H groups in total. The Morgan fingerprint density at radius 2 is 0.525 bits per heavy atom. The van der Waals surface area contributed by atoms with Gasteiger partial charge in [-0.2, -0.15) is 0 Å². The maximum Gasteiger partial charge on any atom is 0.472 e. The van der Waals surface area contributed by atoms with Crippen LogP contribution in [0.2, 0.25) is 0 Å². The number of hydrogen-bond acceptors (Lipinski definition) is 14. The Bertz CT molecular complexity index is 2470. The van der Waals surface area contributed by atoms with Gasteiger partial charge in [0.1, 0.15) is 25.4 Å². The maximum absolute atomic E-state index is 13.0. The van der Waals surface area contributed by atoms with E-state index >= 15 is 0 Å². The molecule has 0 amide bonds. The predicted octanol–water partition coefficient (Wildman–Crippen LogP) is 22.6. The lowest BCUT2D eigenvalue weighted by Gasteiger charge is -2.21. The van der Waals surface area contributed by atoms with Crippen LogP contribution in [-0.2, 0) is 55.8 Å². The molecule has 0 saturated carbocycles. The zero-order valence-electron chi connectivity index (χ0n) is 62.8. The third-order valence-electron chi connectivity index (χ3n) is 15.7. The number of esters is 3. The third kappa shape index (κ3) is 76.1. The summed E-state index contributed by atoms with van der Waals surface area (Å²) in [7, 11) is -9.82. The smallest absolute Gasteiger partial charge is 0.463 e. The summed E-state index contributed by atoms with van der Waals surface area (Å²) < 4.78 is 61.1. The summed E-state index contributed by atoms with van der Waals surface area (Å²) in [5.41, 5.74) is 0. The van der Waals surface area contributed by atoms with E-state index in [9.17, 15) is 43.5 Å². The number of unbranched alkanes of at least 4 members (excludes halogenated alkanes) is 23. The topological polar surface area (TPSA) is 231 Å². The minimum Gasteiger partial charge on any atom is -0.463 e. The van der Waals surface area contributed by atoms with Gasteiger partial charge in [0.25, 0.3) is 0 Å². The van der Waals surface area contributed by atoms with Gasteiger partial charge in [0.15, 0.2) is 6.10 Å². The molecule has 0 aromatic rings. The van der Waals surface area contributed by atoms with Crippen LogP contribution in [0.15, 0.2) is 158 Å². The van der Waals surface area contributed by atoms with Crippen LogP contribution in [0.25, 0.3) is 0 Å². The molecule has 0 heterocycles. The first kappa shape index (κ1) is 96.2. The van der Waals surface area contributed by atoms with Crippen LogP contribution in [0.5, 0.6) is 0 Å². The predicted molar refractivity (Wildman–Crippen MR) is 417 cm³/mol. The van der Waals surface area contributed by atoms with E-state index in [1.165, 1.54) is 44.9 Å². The molecule has 18 heteroatoms. The summed E-state index contributed by atoms with van der Waals surface area (Å²) in [5, 5.41) is 20.6. The fourth-order valence-corrected chi connectivity index (χ4v) is 11.4. The number of carbonyl (C=O) groups is 3. The number of allylic oxidation sites excluding steroid dienone is 26. The highest BCUT2D eigenvalue weighted by molar-refractivity contribution is 7.47. The number of carbonyl (C=O) groups excluding carboxylic acids is 3. The molecule has 576 valence electrons. The molecule has 0 aliphatic rings. The highest BCUT2D eigenvalue weighted by Crippen LogP contribution is 2.45. The van der Waals surface area contributed by atoms with Gasteiger partial charge in [-0.1, -0.05) is 275 Å². The number of aliphatic hydroxyl groups excluding tert-OH is 2. The first-order valence-corrected chi connectivity index (χ1v) is 41.8. The molecule has 0 aliphatic carbocycles. The molecule has 0 rings (SSSR count). The fourth-order valence-electron chi connectivity index (χ4n) is 9.80. The maximum atomic E-state index is 13.0. The molecule has 0 spiro atoms. The molecule has 0 aromatic heterocycles. The Balaban J connectivity index is 4.72. The van der Waals surface area contributed by atoms with E-state index in [2.05, 4.69) is 179 Å². The summed E-state index contributed by atoms with van der Waals surface area (Å²) in [6, 6.07) is 0. The second-order valence-corrected chi connectivity index (χ2v) is 28.3. The van der Waals surface area contributed by atoms with Gasteiger partial charge >= 0.3 is 33.6 Å². The van der Waals surface area contributed by atoms with Crippen LogP contribution in [0.3, 0.4) is 0 Å². The van der Waals surface area contributed by atoms with Gasteiger partial charge in [-0.05, 0) is 154 Å². The average molecular weight is 1450 g/mol. The van der Waals surface area contributed by atoms with Crippen molar-refractivity contribution in [3.63, 3.8) is 0 Å².